The molecule has 3 aromatic heterocycles. The summed E-state index contributed by atoms with van der Waals surface area (Å²) in [4.78, 5) is 12.8. The van der Waals surface area contributed by atoms with E-state index in [4.69, 9.17) is 13.9 Å². The van der Waals surface area contributed by atoms with Crippen LogP contribution in [0.2, 0.25) is 0 Å². The standard InChI is InChI=1S/C26H26F2N4O3S.C2H4.F2.FH/c1-16-8-10-19(11-9-16)36(33,34)32-15-20(24-22(32)12-13-29-25(24)26(27)28)21-14-23(31-17(2)30-21)35-18-6-4-3-5-7-18;2*1-2;/h8-15,18,26H,3-7H2,1-2H3;1-2H2;;1H. The van der Waals surface area contributed by atoms with E-state index in [-0.39, 0.29) is 32.2 Å². The first kappa shape index (κ1) is 33.3. The van der Waals surface area contributed by atoms with Gasteiger partial charge in [-0.3, -0.25) is 9.69 Å². The van der Waals surface area contributed by atoms with E-state index >= 15 is 0 Å². The maximum atomic E-state index is 14.1. The average molecular weight is 599 g/mol. The summed E-state index contributed by atoms with van der Waals surface area (Å²) in [5.41, 5.74) is 1.01. The third-order valence-corrected chi connectivity index (χ3v) is 8.11. The number of alkyl halides is 2. The number of benzene rings is 1. The molecule has 0 bridgehead atoms. The van der Waals surface area contributed by atoms with Crippen molar-refractivity contribution in [1.82, 2.24) is 18.9 Å². The second-order valence-electron chi connectivity index (χ2n) is 9.06. The smallest absolute Gasteiger partial charge is 0.281 e. The number of hydrogen-bond donors (Lipinski definition) is 0. The predicted molar refractivity (Wildman–Crippen MR) is 148 cm³/mol. The van der Waals surface area contributed by atoms with Gasteiger partial charge in [-0.25, -0.2) is 26.2 Å². The van der Waals surface area contributed by atoms with Gasteiger partial charge in [0.25, 0.3) is 16.4 Å². The van der Waals surface area contributed by atoms with Gasteiger partial charge in [-0.05, 0) is 57.7 Å². The Kier molecular flexibility index (Phi) is 11.9. The lowest BCUT2D eigenvalue weighted by Gasteiger charge is -2.22. The summed E-state index contributed by atoms with van der Waals surface area (Å²) in [7, 11) is -4.09. The Morgan fingerprint density at radius 3 is 2.24 bits per heavy atom. The molecule has 0 aliphatic heterocycles. The highest BCUT2D eigenvalue weighted by atomic mass is 32.2. The van der Waals surface area contributed by atoms with Crippen LogP contribution >= 0.6 is 0 Å². The Bertz CT molecular complexity index is 1540. The molecule has 0 radical (unpaired) electrons. The van der Waals surface area contributed by atoms with Crippen molar-refractivity contribution >= 4 is 20.9 Å². The Hall–Kier alpha value is -3.87. The molecule has 41 heavy (non-hydrogen) atoms. The molecular formula is C28H31F5N4O3S. The van der Waals surface area contributed by atoms with E-state index in [0.29, 0.717) is 17.4 Å². The van der Waals surface area contributed by atoms with Crippen molar-refractivity contribution in [2.24, 2.45) is 0 Å². The van der Waals surface area contributed by atoms with Gasteiger partial charge in [0.05, 0.1) is 16.1 Å². The van der Waals surface area contributed by atoms with Gasteiger partial charge in [-0.15, -0.1) is 13.2 Å². The maximum absolute atomic E-state index is 14.1. The van der Waals surface area contributed by atoms with Crippen molar-refractivity contribution in [2.45, 2.75) is 63.4 Å². The highest BCUT2D eigenvalue weighted by molar-refractivity contribution is 7.90. The molecule has 0 atom stereocenters. The van der Waals surface area contributed by atoms with Gasteiger partial charge < -0.3 is 4.74 Å². The monoisotopic (exact) mass is 598 g/mol. The molecule has 0 amide bonds. The number of hydrogen-bond acceptors (Lipinski definition) is 6. The largest absolute Gasteiger partial charge is 0.474 e. The number of nitrogens with zero attached hydrogens (tertiary/aromatic N) is 4. The van der Waals surface area contributed by atoms with Crippen molar-refractivity contribution in [3.05, 3.63) is 79.0 Å². The van der Waals surface area contributed by atoms with Crippen LogP contribution in [0.1, 0.15) is 55.6 Å². The molecule has 0 spiro atoms. The Morgan fingerprint density at radius 2 is 1.63 bits per heavy atom. The SMILES string of the molecule is C=C.Cc1ccc(S(=O)(=O)n2cc(-c3cc(OC4CCCCC4)nc(C)n3)c3c(C(F)F)nccc32)cc1.F.FF. The second-order valence-corrected chi connectivity index (χ2v) is 10.9. The van der Waals surface area contributed by atoms with Crippen LogP contribution in [0.5, 0.6) is 5.88 Å². The summed E-state index contributed by atoms with van der Waals surface area (Å²) in [5.74, 6) is 0.734. The van der Waals surface area contributed by atoms with Gasteiger partial charge in [0, 0.05) is 38.6 Å². The first-order chi connectivity index (χ1) is 19.2. The van der Waals surface area contributed by atoms with E-state index in [1.165, 1.54) is 37.0 Å². The molecule has 0 saturated heterocycles. The Labute approximate surface area is 235 Å². The molecule has 1 aliphatic rings. The van der Waals surface area contributed by atoms with Gasteiger partial charge in [-0.1, -0.05) is 24.1 Å². The highest BCUT2D eigenvalue weighted by Crippen LogP contribution is 2.38. The summed E-state index contributed by atoms with van der Waals surface area (Å²) in [6.07, 6.45) is 4.82. The summed E-state index contributed by atoms with van der Waals surface area (Å²) < 4.78 is 78.4. The zero-order chi connectivity index (χ0) is 29.4. The zero-order valence-electron chi connectivity index (χ0n) is 22.6. The van der Waals surface area contributed by atoms with Crippen LogP contribution in [0.4, 0.5) is 22.6 Å². The van der Waals surface area contributed by atoms with Crippen molar-refractivity contribution < 1.29 is 35.8 Å². The fourth-order valence-electron chi connectivity index (χ4n) is 4.65. The molecular weight excluding hydrogens is 567 g/mol. The number of halogens is 5. The van der Waals surface area contributed by atoms with Crippen LogP contribution in [0, 0.1) is 13.8 Å². The van der Waals surface area contributed by atoms with Gasteiger partial charge in [0.15, 0.2) is 0 Å². The van der Waals surface area contributed by atoms with Crippen LogP contribution in [0.15, 0.2) is 66.8 Å². The van der Waals surface area contributed by atoms with Gasteiger partial charge >= 0.3 is 0 Å². The van der Waals surface area contributed by atoms with Crippen LogP contribution in [0.3, 0.4) is 0 Å². The van der Waals surface area contributed by atoms with Crippen molar-refractivity contribution in [3.63, 3.8) is 0 Å². The van der Waals surface area contributed by atoms with Crippen molar-refractivity contribution in [2.75, 3.05) is 0 Å². The van der Waals surface area contributed by atoms with Gasteiger partial charge in [0.1, 0.15) is 17.6 Å². The highest BCUT2D eigenvalue weighted by Gasteiger charge is 2.27. The fourth-order valence-corrected chi connectivity index (χ4v) is 6.02. The number of ether oxygens (including phenoxy) is 1. The van der Waals surface area contributed by atoms with Crippen LogP contribution < -0.4 is 4.74 Å². The summed E-state index contributed by atoms with van der Waals surface area (Å²) >= 11 is 0. The number of aryl methyl sites for hydroxylation is 2. The molecule has 0 unspecified atom stereocenters. The maximum Gasteiger partial charge on any atom is 0.281 e. The van der Waals surface area contributed by atoms with E-state index in [0.717, 1.165) is 35.2 Å². The van der Waals surface area contributed by atoms with E-state index < -0.39 is 22.1 Å². The molecule has 13 heteroatoms. The van der Waals surface area contributed by atoms with Crippen LogP contribution in [0.25, 0.3) is 22.2 Å². The molecule has 4 aromatic rings. The third kappa shape index (κ3) is 7.26. The first-order valence-corrected chi connectivity index (χ1v) is 14.0. The second kappa shape index (κ2) is 14.7. The number of pyridine rings is 1. The molecule has 222 valence electrons. The molecule has 3 heterocycles. The molecule has 7 nitrogen and oxygen atoms in total. The topological polar surface area (TPSA) is 87.0 Å². The molecule has 0 N–H and O–H groups in total. The van der Waals surface area contributed by atoms with Crippen LogP contribution in [-0.4, -0.2) is 33.4 Å². The Morgan fingerprint density at radius 1 is 1.00 bits per heavy atom. The molecule has 1 saturated carbocycles. The summed E-state index contributed by atoms with van der Waals surface area (Å²) in [6, 6.07) is 9.38. The minimum atomic E-state index is -4.09. The van der Waals surface area contributed by atoms with Gasteiger partial charge in [0.2, 0.25) is 5.88 Å². The lowest BCUT2D eigenvalue weighted by Crippen LogP contribution is -2.20. The zero-order valence-corrected chi connectivity index (χ0v) is 23.4. The van der Waals surface area contributed by atoms with E-state index in [2.05, 4.69) is 28.1 Å². The minimum absolute atomic E-state index is 0. The summed E-state index contributed by atoms with van der Waals surface area (Å²) in [6.45, 7) is 9.54. The lowest BCUT2D eigenvalue weighted by molar-refractivity contribution is 0.108. The minimum Gasteiger partial charge on any atom is -0.474 e. The van der Waals surface area contributed by atoms with E-state index in [9.17, 15) is 17.2 Å². The van der Waals surface area contributed by atoms with Crippen LogP contribution in [-0.2, 0) is 10.0 Å². The first-order valence-electron chi connectivity index (χ1n) is 12.5. The lowest BCUT2D eigenvalue weighted by atomic mass is 9.98. The molecule has 1 fully saturated rings. The third-order valence-electron chi connectivity index (χ3n) is 6.43. The fraction of sp³-hybridized carbons (Fsp3) is 0.321. The number of fused-ring (bicyclic) bond motifs is 1. The average Bonchev–Trinajstić information content (AvgIpc) is 3.36. The predicted octanol–water partition coefficient (Wildman–Crippen LogP) is 7.79. The van der Waals surface area contributed by atoms with Gasteiger partial charge in [-0.2, -0.15) is 4.98 Å². The molecule has 5 rings (SSSR count). The molecule has 1 aliphatic carbocycles. The van der Waals surface area contributed by atoms with E-state index in [1.807, 2.05) is 6.92 Å². The summed E-state index contributed by atoms with van der Waals surface area (Å²) in [5, 5.41) is 0.0323. The van der Waals surface area contributed by atoms with Crippen molar-refractivity contribution in [1.29, 1.82) is 0 Å². The van der Waals surface area contributed by atoms with Crippen molar-refractivity contribution in [3.8, 4) is 17.1 Å². The molecule has 1 aromatic carbocycles. The number of aromatic nitrogens is 4. The normalized spacial score (nSPS) is 13.4. The Balaban J connectivity index is 0.00000113. The quantitative estimate of drug-likeness (QED) is 0.166. The van der Waals surface area contributed by atoms with E-state index in [1.54, 1.807) is 25.1 Å². The number of rotatable bonds is 6.